The van der Waals surface area contributed by atoms with E-state index in [1.807, 2.05) is 0 Å². The van der Waals surface area contributed by atoms with E-state index in [0.29, 0.717) is 10.8 Å². The zero-order chi connectivity index (χ0) is 13.8. The van der Waals surface area contributed by atoms with Crippen LogP contribution >= 0.6 is 11.8 Å². The quantitative estimate of drug-likeness (QED) is 0.579. The predicted molar refractivity (Wildman–Crippen MR) is 67.0 cm³/mol. The van der Waals surface area contributed by atoms with Gasteiger partial charge in [-0.3, -0.25) is 4.79 Å². The van der Waals surface area contributed by atoms with Gasteiger partial charge in [0.2, 0.25) is 0 Å². The molecule has 0 aromatic heterocycles. The maximum atomic E-state index is 12.3. The molecule has 0 amide bonds. The van der Waals surface area contributed by atoms with Gasteiger partial charge in [-0.05, 0) is 30.2 Å². The number of rotatable bonds is 5. The van der Waals surface area contributed by atoms with E-state index in [9.17, 15) is 18.0 Å². The maximum absolute atomic E-state index is 12.3. The molecule has 1 aromatic rings. The Labute approximate surface area is 109 Å². The molecular formula is C13H15F3OS. The largest absolute Gasteiger partial charge is 0.454 e. The fraction of sp³-hybridized carbons (Fsp3) is 0.462. The third-order valence-corrected chi connectivity index (χ3v) is 3.34. The molecule has 18 heavy (non-hydrogen) atoms. The molecule has 0 aliphatic carbocycles. The number of thioether (sulfide) groups is 1. The van der Waals surface area contributed by atoms with E-state index in [2.05, 4.69) is 13.8 Å². The molecule has 1 aromatic carbocycles. The van der Waals surface area contributed by atoms with Crippen LogP contribution in [0.25, 0.3) is 0 Å². The molecular weight excluding hydrogens is 261 g/mol. The Hall–Kier alpha value is -0.970. The third-order valence-electron chi connectivity index (χ3n) is 2.32. The summed E-state index contributed by atoms with van der Waals surface area (Å²) in [5.41, 5.74) is -0.294. The van der Waals surface area contributed by atoms with E-state index in [0.717, 1.165) is 12.2 Å². The van der Waals surface area contributed by atoms with Crippen LogP contribution in [-0.4, -0.2) is 17.7 Å². The molecule has 0 spiro atoms. The molecule has 1 rings (SSSR count). The second-order valence-electron chi connectivity index (χ2n) is 4.39. The standard InChI is InChI=1S/C13H15F3OS/c1-9(2)6-7-18-11-5-3-4-10(8-11)12(17)13(14,15)16/h3-5,8-9H,6-7H2,1-2H3. The van der Waals surface area contributed by atoms with E-state index in [1.165, 1.54) is 30.0 Å². The van der Waals surface area contributed by atoms with Crippen molar-refractivity contribution in [2.45, 2.75) is 31.3 Å². The van der Waals surface area contributed by atoms with Crippen LogP contribution in [0.2, 0.25) is 0 Å². The molecule has 1 nitrogen and oxygen atoms in total. The number of benzene rings is 1. The summed E-state index contributed by atoms with van der Waals surface area (Å²) in [4.78, 5) is 11.8. The number of hydrogen-bond acceptors (Lipinski definition) is 2. The molecule has 0 fully saturated rings. The van der Waals surface area contributed by atoms with Crippen LogP contribution in [0.5, 0.6) is 0 Å². The lowest BCUT2D eigenvalue weighted by Gasteiger charge is -2.08. The summed E-state index contributed by atoms with van der Waals surface area (Å²) in [6.07, 6.45) is -3.82. The first-order valence-corrected chi connectivity index (χ1v) is 6.63. The Morgan fingerprint density at radius 1 is 1.33 bits per heavy atom. The maximum Gasteiger partial charge on any atom is 0.454 e. The minimum Gasteiger partial charge on any atom is -0.284 e. The van der Waals surface area contributed by atoms with Crippen molar-refractivity contribution in [3.05, 3.63) is 29.8 Å². The molecule has 0 atom stereocenters. The van der Waals surface area contributed by atoms with Gasteiger partial charge >= 0.3 is 6.18 Å². The normalized spacial score (nSPS) is 11.9. The van der Waals surface area contributed by atoms with Gasteiger partial charge in [-0.15, -0.1) is 11.8 Å². The van der Waals surface area contributed by atoms with Crippen molar-refractivity contribution in [1.82, 2.24) is 0 Å². The Bertz CT molecular complexity index is 413. The summed E-state index contributed by atoms with van der Waals surface area (Å²) in [5.74, 6) is -0.396. The molecule has 0 aliphatic heterocycles. The highest BCUT2D eigenvalue weighted by molar-refractivity contribution is 7.99. The third kappa shape index (κ3) is 4.72. The van der Waals surface area contributed by atoms with Crippen molar-refractivity contribution in [2.24, 2.45) is 5.92 Å². The van der Waals surface area contributed by atoms with Crippen LogP contribution < -0.4 is 0 Å². The van der Waals surface area contributed by atoms with Crippen molar-refractivity contribution < 1.29 is 18.0 Å². The van der Waals surface area contributed by atoms with Crippen LogP contribution in [0.15, 0.2) is 29.2 Å². The Morgan fingerprint density at radius 2 is 2.00 bits per heavy atom. The molecule has 0 bridgehead atoms. The van der Waals surface area contributed by atoms with Gasteiger partial charge in [0.05, 0.1) is 0 Å². The van der Waals surface area contributed by atoms with Crippen molar-refractivity contribution >= 4 is 17.5 Å². The SMILES string of the molecule is CC(C)CCSc1cccc(C(=O)C(F)(F)F)c1. The van der Waals surface area contributed by atoms with Crippen molar-refractivity contribution in [3.8, 4) is 0 Å². The van der Waals surface area contributed by atoms with Gasteiger partial charge in [0.15, 0.2) is 0 Å². The average Bonchev–Trinajstić information content (AvgIpc) is 2.26. The summed E-state index contributed by atoms with van der Waals surface area (Å²) < 4.78 is 36.8. The molecule has 0 aliphatic rings. The van der Waals surface area contributed by atoms with Crippen LogP contribution in [-0.2, 0) is 0 Å². The van der Waals surface area contributed by atoms with E-state index in [-0.39, 0.29) is 5.56 Å². The first-order chi connectivity index (χ1) is 8.30. The summed E-state index contributed by atoms with van der Waals surface area (Å²) in [5, 5.41) is 0. The number of hydrogen-bond donors (Lipinski definition) is 0. The number of carbonyl (C=O) groups excluding carboxylic acids is 1. The Balaban J connectivity index is 2.71. The van der Waals surface area contributed by atoms with Crippen molar-refractivity contribution in [3.63, 3.8) is 0 Å². The predicted octanol–water partition coefficient (Wildman–Crippen LogP) is 4.57. The van der Waals surface area contributed by atoms with Crippen LogP contribution in [0.4, 0.5) is 13.2 Å². The number of ketones is 1. The molecule has 0 saturated heterocycles. The first-order valence-electron chi connectivity index (χ1n) is 5.65. The highest BCUT2D eigenvalue weighted by Crippen LogP contribution is 2.26. The topological polar surface area (TPSA) is 17.1 Å². The average molecular weight is 276 g/mol. The van der Waals surface area contributed by atoms with Crippen molar-refractivity contribution in [2.75, 3.05) is 5.75 Å². The number of Topliss-reactive ketones (excluding diaryl/α,β-unsaturated/α-hetero) is 1. The smallest absolute Gasteiger partial charge is 0.284 e. The van der Waals surface area contributed by atoms with Crippen molar-refractivity contribution in [1.29, 1.82) is 0 Å². The lowest BCUT2D eigenvalue weighted by atomic mass is 10.1. The van der Waals surface area contributed by atoms with Gasteiger partial charge in [-0.1, -0.05) is 26.0 Å². The van der Waals surface area contributed by atoms with E-state index < -0.39 is 12.0 Å². The number of halogens is 3. The second kappa shape index (κ2) is 6.27. The highest BCUT2D eigenvalue weighted by Gasteiger charge is 2.39. The second-order valence-corrected chi connectivity index (χ2v) is 5.55. The van der Waals surface area contributed by atoms with Gasteiger partial charge < -0.3 is 0 Å². The van der Waals surface area contributed by atoms with E-state index in [4.69, 9.17) is 0 Å². The number of carbonyl (C=O) groups is 1. The fourth-order valence-corrected chi connectivity index (χ4v) is 2.51. The minimum atomic E-state index is -4.80. The molecule has 5 heteroatoms. The fourth-order valence-electron chi connectivity index (χ4n) is 1.30. The summed E-state index contributed by atoms with van der Waals surface area (Å²) >= 11 is 1.47. The van der Waals surface area contributed by atoms with Crippen LogP contribution in [0.3, 0.4) is 0 Å². The zero-order valence-corrected chi connectivity index (χ0v) is 11.1. The van der Waals surface area contributed by atoms with Gasteiger partial charge in [0.25, 0.3) is 5.78 Å². The highest BCUT2D eigenvalue weighted by atomic mass is 32.2. The Kier molecular flexibility index (Phi) is 5.26. The first kappa shape index (κ1) is 15.1. The van der Waals surface area contributed by atoms with Gasteiger partial charge in [0.1, 0.15) is 0 Å². The number of alkyl halides is 3. The zero-order valence-electron chi connectivity index (χ0n) is 10.3. The van der Waals surface area contributed by atoms with Crippen LogP contribution in [0, 0.1) is 5.92 Å². The molecule has 0 saturated carbocycles. The lowest BCUT2D eigenvalue weighted by Crippen LogP contribution is -2.22. The van der Waals surface area contributed by atoms with Gasteiger partial charge in [-0.25, -0.2) is 0 Å². The van der Waals surface area contributed by atoms with E-state index in [1.54, 1.807) is 6.07 Å². The minimum absolute atomic E-state index is 0.294. The van der Waals surface area contributed by atoms with Crippen LogP contribution in [0.1, 0.15) is 30.6 Å². The summed E-state index contributed by atoms with van der Waals surface area (Å²) in [6.45, 7) is 4.17. The molecule has 0 unspecified atom stereocenters. The van der Waals surface area contributed by atoms with Gasteiger partial charge in [-0.2, -0.15) is 13.2 Å². The monoisotopic (exact) mass is 276 g/mol. The molecule has 0 N–H and O–H groups in total. The summed E-state index contributed by atoms with van der Waals surface area (Å²) in [6, 6.07) is 5.71. The van der Waals surface area contributed by atoms with Gasteiger partial charge in [0, 0.05) is 10.5 Å². The summed E-state index contributed by atoms with van der Waals surface area (Å²) in [7, 11) is 0. The molecule has 0 heterocycles. The van der Waals surface area contributed by atoms with E-state index >= 15 is 0 Å². The molecule has 100 valence electrons. The Morgan fingerprint density at radius 3 is 2.56 bits per heavy atom. The lowest BCUT2D eigenvalue weighted by molar-refractivity contribution is -0.0885. The molecule has 0 radical (unpaired) electrons.